The Morgan fingerprint density at radius 3 is 2.21 bits per heavy atom. The summed E-state index contributed by atoms with van der Waals surface area (Å²) in [5, 5.41) is 4.05. The third kappa shape index (κ3) is 10.9. The Balaban J connectivity index is 1.33. The quantitative estimate of drug-likeness (QED) is 0.0592. The molecule has 0 bridgehead atoms. The molecule has 1 aliphatic heterocycles. The van der Waals surface area contributed by atoms with Crippen molar-refractivity contribution in [3.05, 3.63) is 233 Å². The van der Waals surface area contributed by atoms with E-state index in [1.807, 2.05) is 12.2 Å². The third-order valence-corrected chi connectivity index (χ3v) is 15.0. The van der Waals surface area contributed by atoms with Crippen LogP contribution in [-0.4, -0.2) is 7.28 Å². The number of allylic oxidation sites excluding steroid dienone is 13. The van der Waals surface area contributed by atoms with E-state index in [0.717, 1.165) is 80.7 Å². The lowest BCUT2D eigenvalue weighted by Crippen LogP contribution is -2.42. The summed E-state index contributed by atoms with van der Waals surface area (Å²) in [6, 6.07) is 41.8. The van der Waals surface area contributed by atoms with Crippen molar-refractivity contribution in [2.75, 3.05) is 15.1 Å². The maximum absolute atomic E-state index is 4.22. The SMILES string of the molecule is C=C/C=C(\C=C(\C)N1c2cc(N(/C(=C/C=C)CCCCC)c3ccc(C)cc3)ccc2Bc2c(-c3ccc4c(c3Nc3ccc(C(C)(C)C)cc3)C=CCC4)cc(-c3c(C)cccc3C)cc21)C1=CC=CCC1. The molecule has 3 aliphatic rings. The van der Waals surface area contributed by atoms with Crippen LogP contribution in [0.5, 0.6) is 0 Å². The van der Waals surface area contributed by atoms with Gasteiger partial charge in [0, 0.05) is 51.0 Å². The Labute approximate surface area is 438 Å². The van der Waals surface area contributed by atoms with Crippen molar-refractivity contribution in [3.8, 4) is 22.3 Å². The van der Waals surface area contributed by atoms with Gasteiger partial charge in [-0.3, -0.25) is 0 Å². The summed E-state index contributed by atoms with van der Waals surface area (Å²) in [4.78, 5) is 5.05. The van der Waals surface area contributed by atoms with Gasteiger partial charge in [0.2, 0.25) is 0 Å². The molecule has 0 amide bonds. The van der Waals surface area contributed by atoms with Gasteiger partial charge in [-0.2, -0.15) is 0 Å². The summed E-state index contributed by atoms with van der Waals surface area (Å²) < 4.78 is 0. The van der Waals surface area contributed by atoms with Crippen LogP contribution < -0.4 is 26.0 Å². The summed E-state index contributed by atoms with van der Waals surface area (Å²) >= 11 is 0. The molecule has 1 N–H and O–H groups in total. The van der Waals surface area contributed by atoms with Gasteiger partial charge in [0.25, 0.3) is 0 Å². The Morgan fingerprint density at radius 2 is 1.51 bits per heavy atom. The molecule has 6 aromatic rings. The first kappa shape index (κ1) is 50.6. The van der Waals surface area contributed by atoms with Gasteiger partial charge in [-0.15, -0.1) is 0 Å². The third-order valence-electron chi connectivity index (χ3n) is 15.0. The first-order valence-electron chi connectivity index (χ1n) is 26.8. The lowest BCUT2D eigenvalue weighted by molar-refractivity contribution is 0.590. The molecule has 1 heterocycles. The first-order valence-corrected chi connectivity index (χ1v) is 26.8. The van der Waals surface area contributed by atoms with Crippen LogP contribution in [0.3, 0.4) is 0 Å². The maximum Gasteiger partial charge on any atom is 0.198 e. The van der Waals surface area contributed by atoms with Crippen molar-refractivity contribution >= 4 is 58.4 Å². The van der Waals surface area contributed by atoms with Gasteiger partial charge in [-0.25, -0.2) is 0 Å². The minimum atomic E-state index is 0.0614. The van der Waals surface area contributed by atoms with E-state index in [1.54, 1.807) is 0 Å². The molecule has 0 fully saturated rings. The number of hydrogen-bond acceptors (Lipinski definition) is 3. The average molecular weight is 956 g/mol. The van der Waals surface area contributed by atoms with Crippen molar-refractivity contribution in [1.29, 1.82) is 0 Å². The van der Waals surface area contributed by atoms with E-state index in [9.17, 15) is 0 Å². The summed E-state index contributed by atoms with van der Waals surface area (Å²) in [7, 11) is 0.769. The van der Waals surface area contributed by atoms with E-state index in [2.05, 4.69) is 241 Å². The number of benzene rings is 6. The Kier molecular flexibility index (Phi) is 15.4. The topological polar surface area (TPSA) is 18.5 Å². The van der Waals surface area contributed by atoms with Gasteiger partial charge in [0.15, 0.2) is 7.28 Å². The zero-order valence-corrected chi connectivity index (χ0v) is 44.8. The number of unbranched alkanes of at least 4 members (excludes halogenated alkanes) is 2. The molecular weight excluding hydrogens is 882 g/mol. The Bertz CT molecular complexity index is 3210. The fraction of sp³-hybridized carbons (Fsp3) is 0.246. The van der Waals surface area contributed by atoms with Crippen LogP contribution in [0.1, 0.15) is 113 Å². The molecule has 0 saturated heterocycles. The molecule has 0 radical (unpaired) electrons. The largest absolute Gasteiger partial charge is 0.355 e. The van der Waals surface area contributed by atoms with Crippen LogP contribution in [0, 0.1) is 20.8 Å². The van der Waals surface area contributed by atoms with Crippen LogP contribution in [0.25, 0.3) is 28.3 Å². The van der Waals surface area contributed by atoms with Gasteiger partial charge >= 0.3 is 0 Å². The molecule has 73 heavy (non-hydrogen) atoms. The summed E-state index contributed by atoms with van der Waals surface area (Å²) in [6.07, 6.45) is 30.6. The van der Waals surface area contributed by atoms with E-state index >= 15 is 0 Å². The molecule has 2 aliphatic carbocycles. The minimum absolute atomic E-state index is 0.0614. The first-order chi connectivity index (χ1) is 35.4. The fourth-order valence-electron chi connectivity index (χ4n) is 11.2. The lowest BCUT2D eigenvalue weighted by Gasteiger charge is -2.38. The van der Waals surface area contributed by atoms with Crippen molar-refractivity contribution in [2.45, 2.75) is 112 Å². The normalized spacial score (nSPS) is 14.4. The number of aryl methyl sites for hydroxylation is 4. The number of rotatable bonds is 16. The Hall–Kier alpha value is -7.30. The second-order valence-corrected chi connectivity index (χ2v) is 21.4. The molecule has 0 saturated carbocycles. The van der Waals surface area contributed by atoms with Crippen molar-refractivity contribution < 1.29 is 0 Å². The molecule has 3 nitrogen and oxygen atoms in total. The van der Waals surface area contributed by atoms with Gasteiger partial charge < -0.3 is 15.1 Å². The molecule has 0 unspecified atom stereocenters. The van der Waals surface area contributed by atoms with Crippen molar-refractivity contribution in [2.24, 2.45) is 0 Å². The van der Waals surface area contributed by atoms with E-state index in [-0.39, 0.29) is 5.41 Å². The van der Waals surface area contributed by atoms with E-state index in [4.69, 9.17) is 0 Å². The number of nitrogens with one attached hydrogen (secondary N) is 1. The van der Waals surface area contributed by atoms with Crippen molar-refractivity contribution in [3.63, 3.8) is 0 Å². The highest BCUT2D eigenvalue weighted by molar-refractivity contribution is 6.73. The molecule has 0 atom stereocenters. The number of nitrogens with zero attached hydrogens (tertiary/aromatic N) is 2. The van der Waals surface area contributed by atoms with Crippen molar-refractivity contribution in [1.82, 2.24) is 0 Å². The van der Waals surface area contributed by atoms with E-state index in [1.165, 1.54) is 101 Å². The molecule has 6 aromatic carbocycles. The highest BCUT2D eigenvalue weighted by Crippen LogP contribution is 2.45. The van der Waals surface area contributed by atoms with Gasteiger partial charge in [-0.1, -0.05) is 174 Å². The average Bonchev–Trinajstić information content (AvgIpc) is 3.38. The van der Waals surface area contributed by atoms with Gasteiger partial charge in [-0.05, 0) is 188 Å². The zero-order chi connectivity index (χ0) is 51.2. The zero-order valence-electron chi connectivity index (χ0n) is 44.8. The Morgan fingerprint density at radius 1 is 0.767 bits per heavy atom. The second-order valence-electron chi connectivity index (χ2n) is 21.4. The van der Waals surface area contributed by atoms with Crippen LogP contribution in [0.2, 0.25) is 0 Å². The van der Waals surface area contributed by atoms with Gasteiger partial charge in [0.1, 0.15) is 0 Å². The fourth-order valence-corrected chi connectivity index (χ4v) is 11.2. The highest BCUT2D eigenvalue weighted by Gasteiger charge is 2.32. The highest BCUT2D eigenvalue weighted by atomic mass is 15.2. The second kappa shape index (κ2) is 22.2. The molecule has 0 aromatic heterocycles. The smallest absolute Gasteiger partial charge is 0.198 e. The molecular formula is C69H74BN3. The summed E-state index contributed by atoms with van der Waals surface area (Å²) in [5.41, 5.74) is 27.2. The monoisotopic (exact) mass is 956 g/mol. The molecule has 4 heteroatoms. The molecule has 0 spiro atoms. The van der Waals surface area contributed by atoms with Gasteiger partial charge in [0.05, 0.1) is 5.69 Å². The summed E-state index contributed by atoms with van der Waals surface area (Å²) in [6.45, 7) is 26.5. The van der Waals surface area contributed by atoms with Crippen LogP contribution in [0.15, 0.2) is 200 Å². The van der Waals surface area contributed by atoms with Crippen LogP contribution in [-0.2, 0) is 11.8 Å². The van der Waals surface area contributed by atoms with Crippen LogP contribution in [0.4, 0.5) is 34.1 Å². The predicted octanol–water partition coefficient (Wildman–Crippen LogP) is 17.9. The number of anilines is 6. The molecule has 368 valence electrons. The number of hydrogen-bond donors (Lipinski definition) is 1. The maximum atomic E-state index is 4.22. The predicted molar refractivity (Wildman–Crippen MR) is 322 cm³/mol. The van der Waals surface area contributed by atoms with E-state index < -0.39 is 0 Å². The lowest BCUT2D eigenvalue weighted by atomic mass is 9.57. The van der Waals surface area contributed by atoms with Crippen LogP contribution >= 0.6 is 0 Å². The van der Waals surface area contributed by atoms with E-state index in [0.29, 0.717) is 0 Å². The standard InChI is InChI=1S/C69H74BN3/c1-11-14-16-29-57(23-13-3)73(58-38-31-47(4)32-39-58)59-40-42-63-64(46-59)72(50(7)43-53(22-12-2)51-26-17-15-18-27-51)65-45-54(66-48(5)24-21-25-49(66)6)44-62(67(65)70-63)61-41-33-52-28-19-20-30-60(52)68(61)71-56-36-34-55(35-37-56)69(8,9)10/h12-13,15,17,20-26,30-46,70-71H,2-3,11,14,16,18-19,27-29H2,1,4-10H3/b50-43-,53-22+,57-23+. The number of fused-ring (bicyclic) bond motifs is 3. The molecule has 9 rings (SSSR count). The summed E-state index contributed by atoms with van der Waals surface area (Å²) in [5.74, 6) is 0. The minimum Gasteiger partial charge on any atom is -0.355 e.